The number of aryl methyl sites for hydroxylation is 1. The lowest BCUT2D eigenvalue weighted by Gasteiger charge is -2.26. The number of rotatable bonds is 6. The quantitative estimate of drug-likeness (QED) is 0.784. The van der Waals surface area contributed by atoms with Crippen molar-refractivity contribution in [3.8, 4) is 0 Å². The second-order valence-electron chi connectivity index (χ2n) is 7.90. The number of hydrogen-bond acceptors (Lipinski definition) is 2. The van der Waals surface area contributed by atoms with Gasteiger partial charge in [-0.1, -0.05) is 18.2 Å². The number of aromatic nitrogens is 1. The zero-order chi connectivity index (χ0) is 17.8. The van der Waals surface area contributed by atoms with Gasteiger partial charge in [0, 0.05) is 36.6 Å². The van der Waals surface area contributed by atoms with E-state index in [0.29, 0.717) is 12.3 Å². The highest BCUT2D eigenvalue weighted by Crippen LogP contribution is 2.24. The molecule has 2 saturated heterocycles. The van der Waals surface area contributed by atoms with Crippen molar-refractivity contribution in [1.82, 2.24) is 14.4 Å². The molecule has 0 N–H and O–H groups in total. The predicted molar refractivity (Wildman–Crippen MR) is 106 cm³/mol. The summed E-state index contributed by atoms with van der Waals surface area (Å²) in [6, 6.07) is 8.72. The van der Waals surface area contributed by atoms with Crippen molar-refractivity contribution in [2.75, 3.05) is 26.2 Å². The summed E-state index contributed by atoms with van der Waals surface area (Å²) in [6.07, 6.45) is 11.2. The smallest absolute Gasteiger partial charge is 0.222 e. The highest BCUT2D eigenvalue weighted by Gasteiger charge is 2.17. The highest BCUT2D eigenvalue weighted by atomic mass is 16.2. The first-order valence-corrected chi connectivity index (χ1v) is 10.4. The first kappa shape index (κ1) is 17.6. The van der Waals surface area contributed by atoms with Gasteiger partial charge in [0.2, 0.25) is 5.91 Å². The van der Waals surface area contributed by atoms with E-state index in [1.807, 2.05) is 0 Å². The normalized spacial score (nSPS) is 18.7. The van der Waals surface area contributed by atoms with E-state index in [9.17, 15) is 4.79 Å². The Morgan fingerprint density at radius 1 is 0.923 bits per heavy atom. The third-order valence-electron chi connectivity index (χ3n) is 5.97. The van der Waals surface area contributed by atoms with Crippen molar-refractivity contribution in [1.29, 1.82) is 0 Å². The van der Waals surface area contributed by atoms with Crippen LogP contribution in [0.5, 0.6) is 0 Å². The van der Waals surface area contributed by atoms with Gasteiger partial charge in [-0.15, -0.1) is 0 Å². The molecule has 140 valence electrons. The van der Waals surface area contributed by atoms with Gasteiger partial charge in [0.05, 0.1) is 6.67 Å². The van der Waals surface area contributed by atoms with Gasteiger partial charge >= 0.3 is 0 Å². The molecule has 0 bridgehead atoms. The van der Waals surface area contributed by atoms with Gasteiger partial charge < -0.3 is 9.47 Å². The summed E-state index contributed by atoms with van der Waals surface area (Å²) in [5, 5.41) is 1.36. The number of nitrogens with zero attached hydrogens (tertiary/aromatic N) is 3. The number of para-hydroxylation sites is 1. The van der Waals surface area contributed by atoms with Crippen LogP contribution < -0.4 is 0 Å². The molecule has 0 spiro atoms. The molecule has 4 heteroatoms. The van der Waals surface area contributed by atoms with Crippen molar-refractivity contribution in [3.05, 3.63) is 36.0 Å². The predicted octanol–water partition coefficient (Wildman–Crippen LogP) is 4.03. The molecule has 1 aromatic carbocycles. The van der Waals surface area contributed by atoms with Crippen molar-refractivity contribution in [3.63, 3.8) is 0 Å². The zero-order valence-corrected chi connectivity index (χ0v) is 15.8. The van der Waals surface area contributed by atoms with E-state index in [4.69, 9.17) is 0 Å². The molecular weight excluding hydrogens is 322 g/mol. The van der Waals surface area contributed by atoms with Gasteiger partial charge in [0.15, 0.2) is 0 Å². The van der Waals surface area contributed by atoms with Gasteiger partial charge in [0.25, 0.3) is 0 Å². The average molecular weight is 354 g/mol. The fraction of sp³-hybridized carbons (Fsp3) is 0.591. The Bertz CT molecular complexity index is 739. The number of benzene rings is 1. The lowest BCUT2D eigenvalue weighted by molar-refractivity contribution is -0.132. The summed E-state index contributed by atoms with van der Waals surface area (Å²) in [5.41, 5.74) is 2.72. The van der Waals surface area contributed by atoms with Crippen molar-refractivity contribution in [2.45, 2.75) is 58.0 Å². The van der Waals surface area contributed by atoms with Crippen LogP contribution in [0, 0.1) is 0 Å². The summed E-state index contributed by atoms with van der Waals surface area (Å²) < 4.78 is 2.41. The summed E-state index contributed by atoms with van der Waals surface area (Å²) in [7, 11) is 0. The van der Waals surface area contributed by atoms with Crippen molar-refractivity contribution >= 4 is 16.8 Å². The fourth-order valence-corrected chi connectivity index (χ4v) is 4.51. The van der Waals surface area contributed by atoms with Crippen LogP contribution in [0.4, 0.5) is 0 Å². The van der Waals surface area contributed by atoms with E-state index in [1.54, 1.807) is 0 Å². The molecule has 0 unspecified atom stereocenters. The lowest BCUT2D eigenvalue weighted by Crippen LogP contribution is -2.35. The molecule has 4 rings (SSSR count). The molecule has 0 saturated carbocycles. The maximum atomic E-state index is 12.4. The molecule has 3 heterocycles. The fourth-order valence-electron chi connectivity index (χ4n) is 4.51. The second kappa shape index (κ2) is 8.26. The molecule has 1 aromatic heterocycles. The average Bonchev–Trinajstić information content (AvgIpc) is 3.32. The SMILES string of the molecule is O=C(CCCc1cn(CN2CCCC2)c2ccccc12)N1CCCCC1. The van der Waals surface area contributed by atoms with Crippen LogP contribution in [0.1, 0.15) is 50.5 Å². The molecule has 26 heavy (non-hydrogen) atoms. The standard InChI is InChI=1S/C22H31N3O/c26-22(24-15-4-1-5-16-24)12-8-9-19-17-25(18-23-13-6-7-14-23)21-11-3-2-10-20(19)21/h2-3,10-11,17H,1,4-9,12-16,18H2. The zero-order valence-electron chi connectivity index (χ0n) is 15.8. The third-order valence-corrected chi connectivity index (χ3v) is 5.97. The number of carbonyl (C=O) groups excluding carboxylic acids is 1. The first-order chi connectivity index (χ1) is 12.8. The van der Waals surface area contributed by atoms with Gasteiger partial charge in [0.1, 0.15) is 0 Å². The monoisotopic (exact) mass is 353 g/mol. The van der Waals surface area contributed by atoms with Crippen molar-refractivity contribution in [2.24, 2.45) is 0 Å². The summed E-state index contributed by atoms with van der Waals surface area (Å²) >= 11 is 0. The molecule has 2 aliphatic heterocycles. The minimum absolute atomic E-state index is 0.352. The van der Waals surface area contributed by atoms with Crippen LogP contribution in [-0.4, -0.2) is 46.5 Å². The molecule has 4 nitrogen and oxygen atoms in total. The minimum Gasteiger partial charge on any atom is -0.343 e. The van der Waals surface area contributed by atoms with Crippen LogP contribution in [0.2, 0.25) is 0 Å². The summed E-state index contributed by atoms with van der Waals surface area (Å²) in [6.45, 7) is 5.35. The number of amides is 1. The van der Waals surface area contributed by atoms with E-state index < -0.39 is 0 Å². The Labute approximate surface area is 156 Å². The number of likely N-dealkylation sites (tertiary alicyclic amines) is 2. The van der Waals surface area contributed by atoms with Crippen LogP contribution >= 0.6 is 0 Å². The number of piperidine rings is 1. The van der Waals surface area contributed by atoms with Crippen LogP contribution in [0.15, 0.2) is 30.5 Å². The molecule has 0 radical (unpaired) electrons. The number of hydrogen-bond donors (Lipinski definition) is 0. The lowest BCUT2D eigenvalue weighted by atomic mass is 10.1. The Morgan fingerprint density at radius 3 is 2.46 bits per heavy atom. The number of fused-ring (bicyclic) bond motifs is 1. The molecule has 1 amide bonds. The van der Waals surface area contributed by atoms with Gasteiger partial charge in [-0.05, 0) is 69.7 Å². The number of carbonyl (C=O) groups is 1. The van der Waals surface area contributed by atoms with E-state index in [-0.39, 0.29) is 0 Å². The van der Waals surface area contributed by atoms with Crippen LogP contribution in [0.25, 0.3) is 10.9 Å². The Hall–Kier alpha value is -1.81. The molecular formula is C22H31N3O. The third kappa shape index (κ3) is 3.96. The van der Waals surface area contributed by atoms with Crippen LogP contribution in [-0.2, 0) is 17.9 Å². The molecule has 2 fully saturated rings. The minimum atomic E-state index is 0.352. The van der Waals surface area contributed by atoms with Crippen molar-refractivity contribution < 1.29 is 4.79 Å². The largest absolute Gasteiger partial charge is 0.343 e. The van der Waals surface area contributed by atoms with E-state index >= 15 is 0 Å². The molecule has 2 aliphatic rings. The van der Waals surface area contributed by atoms with E-state index in [2.05, 4.69) is 44.8 Å². The summed E-state index contributed by atoms with van der Waals surface area (Å²) in [5.74, 6) is 0.352. The molecule has 0 aliphatic carbocycles. The highest BCUT2D eigenvalue weighted by molar-refractivity contribution is 5.84. The topological polar surface area (TPSA) is 28.5 Å². The van der Waals surface area contributed by atoms with Gasteiger partial charge in [-0.2, -0.15) is 0 Å². The van der Waals surface area contributed by atoms with Crippen LogP contribution in [0.3, 0.4) is 0 Å². The second-order valence-corrected chi connectivity index (χ2v) is 7.90. The Morgan fingerprint density at radius 2 is 1.65 bits per heavy atom. The van der Waals surface area contributed by atoms with E-state index in [0.717, 1.165) is 32.6 Å². The maximum Gasteiger partial charge on any atom is 0.222 e. The summed E-state index contributed by atoms with van der Waals surface area (Å²) in [4.78, 5) is 17.0. The van der Waals surface area contributed by atoms with Gasteiger partial charge in [-0.3, -0.25) is 9.69 Å². The Balaban J connectivity index is 1.40. The maximum absolute atomic E-state index is 12.4. The van der Waals surface area contributed by atoms with E-state index in [1.165, 1.54) is 61.7 Å². The first-order valence-electron chi connectivity index (χ1n) is 10.4. The Kier molecular flexibility index (Phi) is 5.59. The molecule has 2 aromatic rings. The van der Waals surface area contributed by atoms with Gasteiger partial charge in [-0.25, -0.2) is 0 Å². The molecule has 0 atom stereocenters.